The highest BCUT2D eigenvalue weighted by Gasteiger charge is 2.33. The number of rotatable bonds is 9. The van der Waals surface area contributed by atoms with Crippen molar-refractivity contribution in [2.75, 3.05) is 40.4 Å². The fourth-order valence-electron chi connectivity index (χ4n) is 3.33. The zero-order chi connectivity index (χ0) is 22.3. The minimum atomic E-state index is -3.75. The lowest BCUT2D eigenvalue weighted by atomic mass is 10.1. The molecule has 1 heterocycles. The number of benzene rings is 1. The number of hydrogen-bond donors (Lipinski definition) is 2. The summed E-state index contributed by atoms with van der Waals surface area (Å²) >= 11 is 0. The number of nitrogens with one attached hydrogen (secondary N) is 1. The van der Waals surface area contributed by atoms with Crippen LogP contribution in [0.15, 0.2) is 23.1 Å². The lowest BCUT2D eigenvalue weighted by molar-refractivity contribution is -0.134. The van der Waals surface area contributed by atoms with Crippen molar-refractivity contribution in [3.05, 3.63) is 18.2 Å². The van der Waals surface area contributed by atoms with E-state index >= 15 is 0 Å². The Balaban J connectivity index is 2.08. The molecule has 3 N–H and O–H groups in total. The zero-order valence-electron chi connectivity index (χ0n) is 17.6. The number of unbranched alkanes of at least 4 members (excludes halogenated alkanes) is 1. The van der Waals surface area contributed by atoms with Gasteiger partial charge >= 0.3 is 6.03 Å². The minimum Gasteiger partial charge on any atom is -0.493 e. The number of hydrogen-bond acceptors (Lipinski definition) is 6. The fourth-order valence-corrected chi connectivity index (χ4v) is 4.77. The Kier molecular flexibility index (Phi) is 8.30. The van der Waals surface area contributed by atoms with Gasteiger partial charge in [0.15, 0.2) is 11.5 Å². The van der Waals surface area contributed by atoms with E-state index in [1.54, 1.807) is 11.0 Å². The Morgan fingerprint density at radius 3 is 2.30 bits per heavy atom. The summed E-state index contributed by atoms with van der Waals surface area (Å²) in [6, 6.07) is 2.98. The molecule has 1 unspecified atom stereocenters. The number of nitrogens with two attached hydrogens (primary N) is 1. The van der Waals surface area contributed by atoms with Crippen LogP contribution < -0.4 is 20.5 Å². The highest BCUT2D eigenvalue weighted by molar-refractivity contribution is 7.89. The molecule has 1 aromatic carbocycles. The summed E-state index contributed by atoms with van der Waals surface area (Å²) in [7, 11) is -0.839. The number of nitrogens with zero attached hydrogens (tertiary/aromatic N) is 2. The van der Waals surface area contributed by atoms with E-state index in [1.807, 2.05) is 6.92 Å². The number of ether oxygens (including phenoxy) is 2. The average molecular weight is 443 g/mol. The zero-order valence-corrected chi connectivity index (χ0v) is 18.4. The number of sulfonamides is 1. The Bertz CT molecular complexity index is 853. The number of amides is 3. The first-order chi connectivity index (χ1) is 14.2. The maximum atomic E-state index is 13.0. The molecule has 1 aromatic rings. The van der Waals surface area contributed by atoms with Crippen molar-refractivity contribution in [2.24, 2.45) is 5.73 Å². The summed E-state index contributed by atoms with van der Waals surface area (Å²) in [5.41, 5.74) is 5.19. The van der Waals surface area contributed by atoms with Gasteiger partial charge in [-0.15, -0.1) is 0 Å². The van der Waals surface area contributed by atoms with Gasteiger partial charge in [0.25, 0.3) is 0 Å². The second-order valence-corrected chi connectivity index (χ2v) is 8.89. The SMILES string of the molecule is CCCCC(NC(N)=O)C(=O)N1CCN(S(=O)(=O)c2ccc(OC)c(OC)c2)CC1. The average Bonchev–Trinajstić information content (AvgIpc) is 2.75. The van der Waals surface area contributed by atoms with Crippen molar-refractivity contribution < 1.29 is 27.5 Å². The molecule has 1 aliphatic heterocycles. The molecule has 30 heavy (non-hydrogen) atoms. The highest BCUT2D eigenvalue weighted by atomic mass is 32.2. The first kappa shape index (κ1) is 23.7. The van der Waals surface area contributed by atoms with Crippen molar-refractivity contribution in [2.45, 2.75) is 37.1 Å². The first-order valence-electron chi connectivity index (χ1n) is 9.81. The third-order valence-corrected chi connectivity index (χ3v) is 6.90. The van der Waals surface area contributed by atoms with Crippen molar-refractivity contribution in [1.82, 2.24) is 14.5 Å². The van der Waals surface area contributed by atoms with Crippen LogP contribution in [0.2, 0.25) is 0 Å². The van der Waals surface area contributed by atoms with Gasteiger partial charge in [-0.05, 0) is 18.6 Å². The number of methoxy groups -OCH3 is 2. The monoisotopic (exact) mass is 442 g/mol. The highest BCUT2D eigenvalue weighted by Crippen LogP contribution is 2.30. The predicted molar refractivity (Wildman–Crippen MR) is 111 cm³/mol. The first-order valence-corrected chi connectivity index (χ1v) is 11.3. The molecule has 168 valence electrons. The Morgan fingerprint density at radius 2 is 1.77 bits per heavy atom. The molecule has 0 saturated carbocycles. The van der Waals surface area contributed by atoms with Gasteiger partial charge in [0.2, 0.25) is 15.9 Å². The molecule has 10 nitrogen and oxygen atoms in total. The summed E-state index contributed by atoms with van der Waals surface area (Å²) in [6.45, 7) is 2.76. The molecule has 2 rings (SSSR count). The van der Waals surface area contributed by atoms with E-state index in [2.05, 4.69) is 5.32 Å². The number of piperazine rings is 1. The van der Waals surface area contributed by atoms with Crippen LogP contribution in [0.25, 0.3) is 0 Å². The van der Waals surface area contributed by atoms with Gasteiger partial charge in [0, 0.05) is 32.2 Å². The molecule has 1 aliphatic rings. The van der Waals surface area contributed by atoms with Gasteiger partial charge in [0.1, 0.15) is 6.04 Å². The summed E-state index contributed by atoms with van der Waals surface area (Å²) in [6.07, 6.45) is 2.13. The molecule has 0 spiro atoms. The summed E-state index contributed by atoms with van der Waals surface area (Å²) in [4.78, 5) is 25.7. The fraction of sp³-hybridized carbons (Fsp3) is 0.579. The standard InChI is InChI=1S/C19H30N4O6S/c1-4-5-6-15(21-19(20)25)18(24)22-9-11-23(12-10-22)30(26,27)14-7-8-16(28-2)17(13-14)29-3/h7-8,13,15H,4-6,9-12H2,1-3H3,(H3,20,21,25). The number of carbonyl (C=O) groups is 2. The van der Waals surface area contributed by atoms with E-state index in [0.29, 0.717) is 17.9 Å². The molecule has 0 aliphatic carbocycles. The molecule has 0 radical (unpaired) electrons. The molecule has 11 heteroatoms. The van der Waals surface area contributed by atoms with E-state index in [-0.39, 0.29) is 37.0 Å². The van der Waals surface area contributed by atoms with Crippen LogP contribution in [0.4, 0.5) is 4.79 Å². The number of carbonyl (C=O) groups excluding carboxylic acids is 2. The van der Waals surface area contributed by atoms with E-state index < -0.39 is 22.1 Å². The summed E-state index contributed by atoms with van der Waals surface area (Å²) in [5, 5.41) is 2.49. The molecule has 3 amide bonds. The maximum Gasteiger partial charge on any atom is 0.312 e. The molecule has 1 saturated heterocycles. The van der Waals surface area contributed by atoms with E-state index in [0.717, 1.165) is 12.8 Å². The second-order valence-electron chi connectivity index (χ2n) is 6.95. The normalized spacial score (nSPS) is 16.0. The van der Waals surface area contributed by atoms with Crippen LogP contribution in [0.1, 0.15) is 26.2 Å². The third-order valence-electron chi connectivity index (χ3n) is 5.00. The predicted octanol–water partition coefficient (Wildman–Crippen LogP) is 0.764. The third kappa shape index (κ3) is 5.54. The van der Waals surface area contributed by atoms with Gasteiger partial charge in [-0.1, -0.05) is 19.8 Å². The molecule has 0 aromatic heterocycles. The van der Waals surface area contributed by atoms with E-state index in [4.69, 9.17) is 15.2 Å². The summed E-state index contributed by atoms with van der Waals surface area (Å²) in [5.74, 6) is 0.515. The Labute approximate surface area is 177 Å². The molecule has 1 fully saturated rings. The molecular weight excluding hydrogens is 412 g/mol. The van der Waals surface area contributed by atoms with Crippen molar-refractivity contribution in [3.8, 4) is 11.5 Å². The lowest BCUT2D eigenvalue weighted by Gasteiger charge is -2.35. The van der Waals surface area contributed by atoms with Crippen molar-refractivity contribution in [1.29, 1.82) is 0 Å². The summed E-state index contributed by atoms with van der Waals surface area (Å²) < 4.78 is 37.7. The smallest absolute Gasteiger partial charge is 0.312 e. The number of primary amides is 1. The van der Waals surface area contributed by atoms with E-state index in [9.17, 15) is 18.0 Å². The van der Waals surface area contributed by atoms with Crippen LogP contribution in [-0.2, 0) is 14.8 Å². The molecular formula is C19H30N4O6S. The van der Waals surface area contributed by atoms with Crippen LogP contribution in [0, 0.1) is 0 Å². The topological polar surface area (TPSA) is 131 Å². The Hall–Kier alpha value is -2.53. The maximum absolute atomic E-state index is 13.0. The van der Waals surface area contributed by atoms with Crippen LogP contribution in [0.5, 0.6) is 11.5 Å². The van der Waals surface area contributed by atoms with Crippen LogP contribution in [0.3, 0.4) is 0 Å². The second kappa shape index (κ2) is 10.5. The van der Waals surface area contributed by atoms with Crippen molar-refractivity contribution >= 4 is 22.0 Å². The van der Waals surface area contributed by atoms with Crippen LogP contribution >= 0.6 is 0 Å². The molecule has 1 atom stereocenters. The Morgan fingerprint density at radius 1 is 1.13 bits per heavy atom. The van der Waals surface area contributed by atoms with Crippen LogP contribution in [-0.4, -0.2) is 76.0 Å². The number of urea groups is 1. The van der Waals surface area contributed by atoms with Gasteiger partial charge < -0.3 is 25.4 Å². The molecule has 0 bridgehead atoms. The largest absolute Gasteiger partial charge is 0.493 e. The quantitative estimate of drug-likeness (QED) is 0.581. The van der Waals surface area contributed by atoms with Gasteiger partial charge in [-0.3, -0.25) is 4.79 Å². The van der Waals surface area contributed by atoms with E-state index in [1.165, 1.54) is 30.7 Å². The van der Waals surface area contributed by atoms with Gasteiger partial charge in [-0.25, -0.2) is 13.2 Å². The van der Waals surface area contributed by atoms with Gasteiger partial charge in [-0.2, -0.15) is 4.31 Å². The lowest BCUT2D eigenvalue weighted by Crippen LogP contribution is -2.56. The van der Waals surface area contributed by atoms with Crippen molar-refractivity contribution in [3.63, 3.8) is 0 Å². The minimum absolute atomic E-state index is 0.0937. The van der Waals surface area contributed by atoms with Gasteiger partial charge in [0.05, 0.1) is 19.1 Å².